The van der Waals surface area contributed by atoms with Gasteiger partial charge < -0.3 is 11.1 Å². The minimum Gasteiger partial charge on any atom is -0.397 e. The molecule has 5 nitrogen and oxygen atoms in total. The van der Waals surface area contributed by atoms with Gasteiger partial charge in [-0.1, -0.05) is 12.1 Å². The van der Waals surface area contributed by atoms with Gasteiger partial charge in [-0.3, -0.25) is 9.69 Å². The van der Waals surface area contributed by atoms with Crippen LogP contribution in [0.1, 0.15) is 6.92 Å². The van der Waals surface area contributed by atoms with Gasteiger partial charge in [0.25, 0.3) is 0 Å². The molecule has 1 aromatic carbocycles. The molecular weight excluding hydrogens is 228 g/mol. The monoisotopic (exact) mass is 246 g/mol. The number of hydrogen-bond acceptors (Lipinski definition) is 4. The second-order valence-corrected chi connectivity index (χ2v) is 4.36. The van der Waals surface area contributed by atoms with Gasteiger partial charge in [0.2, 0.25) is 5.91 Å². The molecule has 1 aromatic rings. The summed E-state index contributed by atoms with van der Waals surface area (Å²) < 4.78 is 0. The molecule has 18 heavy (non-hydrogen) atoms. The molecule has 0 radical (unpaired) electrons. The summed E-state index contributed by atoms with van der Waals surface area (Å²) in [5.74, 6) is -0.231. The fraction of sp³-hybridized carbons (Fsp3) is 0.385. The number of benzene rings is 1. The fourth-order valence-corrected chi connectivity index (χ4v) is 1.62. The summed E-state index contributed by atoms with van der Waals surface area (Å²) >= 11 is 0. The molecule has 0 aliphatic rings. The van der Waals surface area contributed by atoms with E-state index in [9.17, 15) is 4.79 Å². The summed E-state index contributed by atoms with van der Waals surface area (Å²) in [6.45, 7) is 2.62. The molecule has 0 bridgehead atoms. The average molecular weight is 246 g/mol. The number of likely N-dealkylation sites (N-methyl/N-ethyl adjacent to an activating group) is 1. The molecule has 0 heterocycles. The Balaban J connectivity index is 2.48. The number of hydrogen-bond donors (Lipinski definition) is 2. The van der Waals surface area contributed by atoms with Crippen molar-refractivity contribution in [1.29, 1.82) is 5.26 Å². The average Bonchev–Trinajstić information content (AvgIpc) is 2.31. The van der Waals surface area contributed by atoms with Gasteiger partial charge in [-0.25, -0.2) is 0 Å². The zero-order chi connectivity index (χ0) is 13.5. The molecule has 0 aliphatic carbocycles. The largest absolute Gasteiger partial charge is 0.397 e. The molecule has 0 fully saturated rings. The Hall–Kier alpha value is -2.06. The Kier molecular flexibility index (Phi) is 5.15. The Morgan fingerprint density at radius 2 is 2.22 bits per heavy atom. The summed E-state index contributed by atoms with van der Waals surface area (Å²) in [4.78, 5) is 13.6. The highest BCUT2D eigenvalue weighted by Gasteiger charge is 2.10. The maximum absolute atomic E-state index is 11.8. The molecule has 1 unspecified atom stereocenters. The van der Waals surface area contributed by atoms with E-state index in [1.807, 2.05) is 31.0 Å². The van der Waals surface area contributed by atoms with Crippen molar-refractivity contribution >= 4 is 17.3 Å². The van der Waals surface area contributed by atoms with Crippen LogP contribution in [0.15, 0.2) is 24.3 Å². The zero-order valence-corrected chi connectivity index (χ0v) is 10.7. The Morgan fingerprint density at radius 1 is 1.56 bits per heavy atom. The number of nitrogen functional groups attached to an aromatic ring is 1. The maximum Gasteiger partial charge on any atom is 0.238 e. The molecule has 0 spiro atoms. The molecule has 0 saturated heterocycles. The normalized spacial score (nSPS) is 11.9. The van der Waals surface area contributed by atoms with Crippen molar-refractivity contribution < 1.29 is 4.79 Å². The smallest absolute Gasteiger partial charge is 0.238 e. The quantitative estimate of drug-likeness (QED) is 0.767. The maximum atomic E-state index is 11.8. The Bertz CT molecular complexity index is 453. The Morgan fingerprint density at radius 3 is 2.83 bits per heavy atom. The van der Waals surface area contributed by atoms with Gasteiger partial charge in [0.05, 0.1) is 29.9 Å². The lowest BCUT2D eigenvalue weighted by Crippen LogP contribution is -2.33. The molecule has 1 amide bonds. The van der Waals surface area contributed by atoms with E-state index in [2.05, 4.69) is 11.4 Å². The van der Waals surface area contributed by atoms with E-state index < -0.39 is 0 Å². The van der Waals surface area contributed by atoms with Gasteiger partial charge in [0, 0.05) is 6.54 Å². The third kappa shape index (κ3) is 4.44. The SMILES string of the molecule is CC(C#N)CN(C)CC(=O)Nc1ccccc1N. The molecule has 0 saturated carbocycles. The van der Waals surface area contributed by atoms with E-state index in [1.54, 1.807) is 12.1 Å². The van der Waals surface area contributed by atoms with E-state index in [-0.39, 0.29) is 18.4 Å². The van der Waals surface area contributed by atoms with Gasteiger partial charge in [-0.05, 0) is 26.1 Å². The second kappa shape index (κ2) is 6.62. The topological polar surface area (TPSA) is 82.2 Å². The van der Waals surface area contributed by atoms with Crippen molar-refractivity contribution in [3.63, 3.8) is 0 Å². The molecule has 96 valence electrons. The first-order chi connectivity index (χ1) is 8.52. The summed E-state index contributed by atoms with van der Waals surface area (Å²) in [5.41, 5.74) is 6.89. The van der Waals surface area contributed by atoms with Gasteiger partial charge in [0.15, 0.2) is 0 Å². The number of nitrogens with one attached hydrogen (secondary N) is 1. The minimum absolute atomic E-state index is 0.0930. The third-order valence-electron chi connectivity index (χ3n) is 2.45. The highest BCUT2D eigenvalue weighted by atomic mass is 16.2. The van der Waals surface area contributed by atoms with Gasteiger partial charge in [-0.15, -0.1) is 0 Å². The summed E-state index contributed by atoms with van der Waals surface area (Å²) in [7, 11) is 1.81. The molecule has 5 heteroatoms. The van der Waals surface area contributed by atoms with Crippen LogP contribution in [0.5, 0.6) is 0 Å². The lowest BCUT2D eigenvalue weighted by Gasteiger charge is -2.17. The minimum atomic E-state index is -0.138. The molecule has 1 rings (SSSR count). The lowest BCUT2D eigenvalue weighted by atomic mass is 10.2. The van der Waals surface area contributed by atoms with Crippen molar-refractivity contribution in [2.24, 2.45) is 5.92 Å². The number of carbonyl (C=O) groups excluding carboxylic acids is 1. The van der Waals surface area contributed by atoms with Crippen LogP contribution in [-0.2, 0) is 4.79 Å². The van der Waals surface area contributed by atoms with Crippen LogP contribution < -0.4 is 11.1 Å². The van der Waals surface area contributed by atoms with E-state index in [0.717, 1.165) is 0 Å². The third-order valence-corrected chi connectivity index (χ3v) is 2.45. The first-order valence-electron chi connectivity index (χ1n) is 5.75. The second-order valence-electron chi connectivity index (χ2n) is 4.36. The van der Waals surface area contributed by atoms with Gasteiger partial charge in [0.1, 0.15) is 0 Å². The summed E-state index contributed by atoms with van der Waals surface area (Å²) in [6, 6.07) is 9.25. The van der Waals surface area contributed by atoms with E-state index in [0.29, 0.717) is 17.9 Å². The number of anilines is 2. The summed E-state index contributed by atoms with van der Waals surface area (Å²) in [6.07, 6.45) is 0. The first-order valence-corrected chi connectivity index (χ1v) is 5.75. The predicted octanol–water partition coefficient (Wildman–Crippen LogP) is 1.30. The molecular formula is C13H18N4O. The van der Waals surface area contributed by atoms with Crippen LogP contribution in [0.3, 0.4) is 0 Å². The fourth-order valence-electron chi connectivity index (χ4n) is 1.62. The number of carbonyl (C=O) groups is 1. The van der Waals surface area contributed by atoms with Crippen LogP contribution >= 0.6 is 0 Å². The van der Waals surface area contributed by atoms with Crippen molar-refractivity contribution in [3.8, 4) is 6.07 Å². The van der Waals surface area contributed by atoms with Crippen LogP contribution in [-0.4, -0.2) is 30.9 Å². The zero-order valence-electron chi connectivity index (χ0n) is 10.7. The van der Waals surface area contributed by atoms with E-state index in [4.69, 9.17) is 11.0 Å². The lowest BCUT2D eigenvalue weighted by molar-refractivity contribution is -0.117. The standard InChI is InChI=1S/C13H18N4O/c1-10(7-14)8-17(2)9-13(18)16-12-6-4-3-5-11(12)15/h3-6,10H,8-9,15H2,1-2H3,(H,16,18). The number of para-hydroxylation sites is 2. The Labute approximate surface area is 107 Å². The van der Waals surface area contributed by atoms with Gasteiger partial charge >= 0.3 is 0 Å². The van der Waals surface area contributed by atoms with Crippen LogP contribution in [0.2, 0.25) is 0 Å². The van der Waals surface area contributed by atoms with E-state index >= 15 is 0 Å². The number of nitrogens with two attached hydrogens (primary N) is 1. The number of rotatable bonds is 5. The van der Waals surface area contributed by atoms with Crippen LogP contribution in [0.25, 0.3) is 0 Å². The van der Waals surface area contributed by atoms with Crippen LogP contribution in [0.4, 0.5) is 11.4 Å². The van der Waals surface area contributed by atoms with Crippen molar-refractivity contribution in [2.75, 3.05) is 31.2 Å². The number of amides is 1. The van der Waals surface area contributed by atoms with Gasteiger partial charge in [-0.2, -0.15) is 5.26 Å². The first kappa shape index (κ1) is 14.0. The van der Waals surface area contributed by atoms with Crippen molar-refractivity contribution in [1.82, 2.24) is 4.90 Å². The molecule has 1 atom stereocenters. The molecule has 0 aliphatic heterocycles. The molecule has 0 aromatic heterocycles. The van der Waals surface area contributed by atoms with E-state index in [1.165, 1.54) is 0 Å². The van der Waals surface area contributed by atoms with Crippen molar-refractivity contribution in [2.45, 2.75) is 6.92 Å². The molecule has 3 N–H and O–H groups in total. The number of nitriles is 1. The number of nitrogens with zero attached hydrogens (tertiary/aromatic N) is 2. The van der Waals surface area contributed by atoms with Crippen molar-refractivity contribution in [3.05, 3.63) is 24.3 Å². The highest BCUT2D eigenvalue weighted by molar-refractivity contribution is 5.95. The highest BCUT2D eigenvalue weighted by Crippen LogP contribution is 2.16. The predicted molar refractivity (Wildman–Crippen MR) is 71.8 cm³/mol. The summed E-state index contributed by atoms with van der Waals surface area (Å²) in [5, 5.41) is 11.4. The van der Waals surface area contributed by atoms with Crippen LogP contribution in [0, 0.1) is 17.2 Å².